The third-order valence-corrected chi connectivity index (χ3v) is 4.63. The smallest absolute Gasteiger partial charge is 0.228 e. The van der Waals surface area contributed by atoms with E-state index in [4.69, 9.17) is 25.6 Å². The number of guanidine groups is 1. The molecule has 2 aromatic carbocycles. The number of hydrogen-bond donors (Lipinski definition) is 2. The van der Waals surface area contributed by atoms with Crippen LogP contribution in [0.15, 0.2) is 58.0 Å². The molecule has 0 bridgehead atoms. The summed E-state index contributed by atoms with van der Waals surface area (Å²) in [6.45, 7) is 3.13. The monoisotopic (exact) mass is 571 g/mol. The summed E-state index contributed by atoms with van der Waals surface area (Å²) in [5.74, 6) is 3.15. The lowest BCUT2D eigenvalue weighted by Gasteiger charge is -2.18. The maximum Gasteiger partial charge on any atom is 0.228 e. The molecule has 3 aromatic rings. The first kappa shape index (κ1) is 25.7. The summed E-state index contributed by atoms with van der Waals surface area (Å²) in [7, 11) is 3.34. The van der Waals surface area contributed by atoms with Gasteiger partial charge in [-0.2, -0.15) is 4.98 Å². The van der Waals surface area contributed by atoms with Crippen LogP contribution in [0.4, 0.5) is 0 Å². The quantitative estimate of drug-likeness (QED) is 0.226. The molecule has 0 aliphatic carbocycles. The second-order valence-corrected chi connectivity index (χ2v) is 7.16. The largest absolute Gasteiger partial charge is 0.493 e. The first-order valence-corrected chi connectivity index (χ1v) is 10.3. The molecule has 0 spiro atoms. The van der Waals surface area contributed by atoms with Gasteiger partial charge in [-0.15, -0.1) is 24.0 Å². The van der Waals surface area contributed by atoms with Crippen LogP contribution in [0.3, 0.4) is 0 Å². The van der Waals surface area contributed by atoms with Crippen molar-refractivity contribution in [1.82, 2.24) is 20.8 Å². The molecule has 0 fully saturated rings. The van der Waals surface area contributed by atoms with Crippen LogP contribution in [-0.2, 0) is 6.42 Å². The predicted molar refractivity (Wildman–Crippen MR) is 136 cm³/mol. The lowest BCUT2D eigenvalue weighted by molar-refractivity contribution is 0.213. The van der Waals surface area contributed by atoms with Crippen molar-refractivity contribution in [3.63, 3.8) is 0 Å². The molecule has 32 heavy (non-hydrogen) atoms. The van der Waals surface area contributed by atoms with Gasteiger partial charge in [0.15, 0.2) is 17.5 Å². The number of para-hydroxylation sites is 2. The van der Waals surface area contributed by atoms with Crippen LogP contribution in [0.5, 0.6) is 11.5 Å². The van der Waals surface area contributed by atoms with Gasteiger partial charge in [-0.05, 0) is 43.3 Å². The molecule has 8 nitrogen and oxygen atoms in total. The van der Waals surface area contributed by atoms with E-state index in [9.17, 15) is 0 Å². The van der Waals surface area contributed by atoms with E-state index in [1.807, 2.05) is 43.3 Å². The average molecular weight is 572 g/mol. The van der Waals surface area contributed by atoms with E-state index in [1.165, 1.54) is 0 Å². The Morgan fingerprint density at radius 1 is 1.12 bits per heavy atom. The van der Waals surface area contributed by atoms with Gasteiger partial charge in [0, 0.05) is 30.6 Å². The number of nitrogens with one attached hydrogen (secondary N) is 2. The SMILES string of the molecule is CN=C(NCCc1nc(-c2ccc(Cl)cc2)no1)NCC(C)Oc1ccccc1OC.I. The molecule has 172 valence electrons. The third kappa shape index (κ3) is 7.56. The third-order valence-electron chi connectivity index (χ3n) is 4.38. The number of halogens is 2. The van der Waals surface area contributed by atoms with Gasteiger partial charge in [0.25, 0.3) is 0 Å². The van der Waals surface area contributed by atoms with Crippen LogP contribution in [-0.4, -0.2) is 49.5 Å². The molecule has 0 saturated carbocycles. The zero-order valence-corrected chi connectivity index (χ0v) is 21.3. The molecule has 0 aliphatic heterocycles. The Balaban J connectivity index is 0.00000363. The molecule has 1 aromatic heterocycles. The number of aromatic nitrogens is 2. The molecule has 0 saturated heterocycles. The first-order chi connectivity index (χ1) is 15.1. The van der Waals surface area contributed by atoms with Gasteiger partial charge in [-0.1, -0.05) is 28.9 Å². The summed E-state index contributed by atoms with van der Waals surface area (Å²) in [5, 5.41) is 11.2. The number of hydrogen-bond acceptors (Lipinski definition) is 6. The highest BCUT2D eigenvalue weighted by Crippen LogP contribution is 2.26. The lowest BCUT2D eigenvalue weighted by Crippen LogP contribution is -2.42. The summed E-state index contributed by atoms with van der Waals surface area (Å²) < 4.78 is 16.6. The van der Waals surface area contributed by atoms with Crippen molar-refractivity contribution in [3.05, 3.63) is 59.4 Å². The molecular weight excluding hydrogens is 545 g/mol. The summed E-state index contributed by atoms with van der Waals surface area (Å²) in [4.78, 5) is 8.65. The Hall–Kier alpha value is -2.53. The fraction of sp³-hybridized carbons (Fsp3) is 0.318. The summed E-state index contributed by atoms with van der Waals surface area (Å²) in [6.07, 6.45) is 0.474. The van der Waals surface area contributed by atoms with Gasteiger partial charge in [0.1, 0.15) is 6.10 Å². The van der Waals surface area contributed by atoms with Crippen molar-refractivity contribution in [1.29, 1.82) is 0 Å². The molecule has 2 N–H and O–H groups in total. The zero-order chi connectivity index (χ0) is 22.1. The molecule has 0 amide bonds. The van der Waals surface area contributed by atoms with Crippen LogP contribution in [0, 0.1) is 0 Å². The highest BCUT2D eigenvalue weighted by atomic mass is 127. The van der Waals surface area contributed by atoms with Gasteiger partial charge in [0.2, 0.25) is 11.7 Å². The molecule has 1 unspecified atom stereocenters. The van der Waals surface area contributed by atoms with Crippen molar-refractivity contribution < 1.29 is 14.0 Å². The highest BCUT2D eigenvalue weighted by molar-refractivity contribution is 14.0. The molecule has 1 heterocycles. The van der Waals surface area contributed by atoms with Gasteiger partial charge in [0.05, 0.1) is 13.7 Å². The van der Waals surface area contributed by atoms with Crippen LogP contribution < -0.4 is 20.1 Å². The molecule has 10 heteroatoms. The Bertz CT molecular complexity index is 997. The Morgan fingerprint density at radius 2 is 1.84 bits per heavy atom. The second kappa shape index (κ2) is 13.1. The van der Waals surface area contributed by atoms with E-state index in [1.54, 1.807) is 26.3 Å². The number of rotatable bonds is 9. The van der Waals surface area contributed by atoms with Crippen LogP contribution in [0.25, 0.3) is 11.4 Å². The fourth-order valence-corrected chi connectivity index (χ4v) is 2.92. The van der Waals surface area contributed by atoms with Gasteiger partial charge >= 0.3 is 0 Å². The lowest BCUT2D eigenvalue weighted by atomic mass is 10.2. The van der Waals surface area contributed by atoms with E-state index >= 15 is 0 Å². The van der Waals surface area contributed by atoms with E-state index < -0.39 is 0 Å². The summed E-state index contributed by atoms with van der Waals surface area (Å²) in [6, 6.07) is 14.9. The van der Waals surface area contributed by atoms with Gasteiger partial charge < -0.3 is 24.6 Å². The molecule has 3 rings (SSSR count). The van der Waals surface area contributed by atoms with Crippen molar-refractivity contribution >= 4 is 41.5 Å². The van der Waals surface area contributed by atoms with Gasteiger partial charge in [-0.3, -0.25) is 4.99 Å². The van der Waals surface area contributed by atoms with E-state index in [0.29, 0.717) is 53.7 Å². The Kier molecular flexibility index (Phi) is 10.5. The molecular formula is C22H27ClIN5O3. The minimum Gasteiger partial charge on any atom is -0.493 e. The van der Waals surface area contributed by atoms with Crippen molar-refractivity contribution in [2.24, 2.45) is 4.99 Å². The van der Waals surface area contributed by atoms with Crippen molar-refractivity contribution in [2.45, 2.75) is 19.4 Å². The molecule has 0 aliphatic rings. The molecule has 0 radical (unpaired) electrons. The van der Waals surface area contributed by atoms with Crippen molar-refractivity contribution in [3.8, 4) is 22.9 Å². The number of ether oxygens (including phenoxy) is 2. The second-order valence-electron chi connectivity index (χ2n) is 6.73. The van der Waals surface area contributed by atoms with Crippen LogP contribution >= 0.6 is 35.6 Å². The highest BCUT2D eigenvalue weighted by Gasteiger charge is 2.11. The van der Waals surface area contributed by atoms with E-state index in [0.717, 1.165) is 5.56 Å². The normalized spacial score (nSPS) is 11.9. The maximum atomic E-state index is 5.95. The number of aliphatic imine (C=N–C) groups is 1. The minimum absolute atomic E-state index is 0. The number of methoxy groups -OCH3 is 1. The predicted octanol–water partition coefficient (Wildman–Crippen LogP) is 4.19. The maximum absolute atomic E-state index is 5.95. The topological polar surface area (TPSA) is 93.8 Å². The summed E-state index contributed by atoms with van der Waals surface area (Å²) in [5.41, 5.74) is 0.855. The Morgan fingerprint density at radius 3 is 2.53 bits per heavy atom. The number of nitrogens with zero attached hydrogens (tertiary/aromatic N) is 3. The standard InChI is InChI=1S/C22H26ClN5O3.HI/c1-15(30-19-7-5-4-6-18(19)29-3)14-26-22(24-2)25-13-12-20-27-21(28-31-20)16-8-10-17(23)11-9-16;/h4-11,15H,12-14H2,1-3H3,(H2,24,25,26);1H. The number of benzene rings is 2. The summed E-state index contributed by atoms with van der Waals surface area (Å²) >= 11 is 5.91. The van der Waals surface area contributed by atoms with Crippen molar-refractivity contribution in [2.75, 3.05) is 27.2 Å². The Labute approximate surface area is 209 Å². The average Bonchev–Trinajstić information content (AvgIpc) is 3.26. The minimum atomic E-state index is -0.0901. The fourth-order valence-electron chi connectivity index (χ4n) is 2.80. The van der Waals surface area contributed by atoms with E-state index in [2.05, 4.69) is 25.8 Å². The van der Waals surface area contributed by atoms with Crippen LogP contribution in [0.2, 0.25) is 5.02 Å². The first-order valence-electron chi connectivity index (χ1n) is 9.91. The molecule has 1 atom stereocenters. The van der Waals surface area contributed by atoms with E-state index in [-0.39, 0.29) is 30.1 Å². The van der Waals surface area contributed by atoms with Gasteiger partial charge in [-0.25, -0.2) is 0 Å². The van der Waals surface area contributed by atoms with Crippen LogP contribution in [0.1, 0.15) is 12.8 Å². The zero-order valence-electron chi connectivity index (χ0n) is 18.2.